The fraction of sp³-hybridized carbons (Fsp3) is 0.458. The van der Waals surface area contributed by atoms with Gasteiger partial charge in [-0.15, -0.1) is 0 Å². The number of piperidine rings is 1. The van der Waals surface area contributed by atoms with Crippen LogP contribution in [0.3, 0.4) is 0 Å². The highest BCUT2D eigenvalue weighted by Gasteiger charge is 2.18. The van der Waals surface area contributed by atoms with E-state index in [0.29, 0.717) is 13.0 Å². The van der Waals surface area contributed by atoms with Gasteiger partial charge in [0, 0.05) is 25.3 Å². The lowest BCUT2D eigenvalue weighted by atomic mass is 10.1. The van der Waals surface area contributed by atoms with E-state index < -0.39 is 6.10 Å². The lowest BCUT2D eigenvalue weighted by molar-refractivity contribution is -0.128. The second kappa shape index (κ2) is 9.63. The molecule has 1 aliphatic rings. The van der Waals surface area contributed by atoms with Crippen LogP contribution in [0.1, 0.15) is 49.3 Å². The molecule has 2 aromatic carbocycles. The maximum Gasteiger partial charge on any atom is 0.261 e. The number of amides is 1. The number of nitrogens with zero attached hydrogens (tertiary/aromatic N) is 1. The summed E-state index contributed by atoms with van der Waals surface area (Å²) in [5.41, 5.74) is 4.77. The number of aryl methyl sites for hydroxylation is 2. The van der Waals surface area contributed by atoms with Gasteiger partial charge in [-0.2, -0.15) is 0 Å². The molecule has 3 rings (SSSR count). The Balaban J connectivity index is 1.53. The molecule has 4 nitrogen and oxygen atoms in total. The quantitative estimate of drug-likeness (QED) is 0.752. The summed E-state index contributed by atoms with van der Waals surface area (Å²) < 4.78 is 5.93. The first-order valence-electron chi connectivity index (χ1n) is 10.4. The average molecular weight is 381 g/mol. The van der Waals surface area contributed by atoms with Crippen LogP contribution in [-0.4, -0.2) is 25.1 Å². The molecule has 0 spiro atoms. The third-order valence-corrected chi connectivity index (χ3v) is 5.54. The molecule has 0 saturated carbocycles. The van der Waals surface area contributed by atoms with E-state index in [1.807, 2.05) is 25.1 Å². The molecule has 1 atom stereocenters. The van der Waals surface area contributed by atoms with Gasteiger partial charge in [0.2, 0.25) is 0 Å². The van der Waals surface area contributed by atoms with Crippen LogP contribution in [0.4, 0.5) is 5.69 Å². The van der Waals surface area contributed by atoms with Gasteiger partial charge in [-0.3, -0.25) is 4.79 Å². The van der Waals surface area contributed by atoms with Crippen LogP contribution in [0.5, 0.6) is 5.75 Å². The van der Waals surface area contributed by atoms with Crippen molar-refractivity contribution in [3.05, 3.63) is 59.2 Å². The number of rotatable bonds is 7. The lowest BCUT2D eigenvalue weighted by Gasteiger charge is -2.28. The molecule has 1 aliphatic heterocycles. The van der Waals surface area contributed by atoms with Gasteiger partial charge in [-0.1, -0.05) is 25.1 Å². The van der Waals surface area contributed by atoms with E-state index in [0.717, 1.165) is 24.4 Å². The zero-order chi connectivity index (χ0) is 19.9. The Hall–Kier alpha value is -2.49. The maximum atomic E-state index is 12.6. The van der Waals surface area contributed by atoms with Crippen LogP contribution < -0.4 is 15.0 Å². The number of hydrogen-bond acceptors (Lipinski definition) is 3. The highest BCUT2D eigenvalue weighted by atomic mass is 16.5. The third kappa shape index (κ3) is 5.28. The van der Waals surface area contributed by atoms with Crippen molar-refractivity contribution in [2.75, 3.05) is 18.0 Å². The van der Waals surface area contributed by atoms with Crippen molar-refractivity contribution < 1.29 is 9.53 Å². The smallest absolute Gasteiger partial charge is 0.261 e. The molecule has 0 aromatic heterocycles. The van der Waals surface area contributed by atoms with Crippen LogP contribution >= 0.6 is 0 Å². The monoisotopic (exact) mass is 380 g/mol. The summed E-state index contributed by atoms with van der Waals surface area (Å²) in [4.78, 5) is 15.0. The summed E-state index contributed by atoms with van der Waals surface area (Å²) in [6, 6.07) is 14.5. The molecule has 150 valence electrons. The van der Waals surface area contributed by atoms with Crippen molar-refractivity contribution in [3.63, 3.8) is 0 Å². The Bertz CT molecular complexity index is 780. The van der Waals surface area contributed by atoms with Crippen molar-refractivity contribution in [2.24, 2.45) is 0 Å². The first-order chi connectivity index (χ1) is 13.6. The normalized spacial score (nSPS) is 15.2. The van der Waals surface area contributed by atoms with Crippen LogP contribution in [0.25, 0.3) is 0 Å². The second-order valence-electron chi connectivity index (χ2n) is 7.69. The first kappa shape index (κ1) is 20.2. The number of hydrogen-bond donors (Lipinski definition) is 1. The Kier molecular flexibility index (Phi) is 6.96. The highest BCUT2D eigenvalue weighted by Crippen LogP contribution is 2.21. The molecule has 1 amide bonds. The Labute approximate surface area is 168 Å². The van der Waals surface area contributed by atoms with Gasteiger partial charge in [-0.25, -0.2) is 0 Å². The van der Waals surface area contributed by atoms with E-state index >= 15 is 0 Å². The van der Waals surface area contributed by atoms with Crippen molar-refractivity contribution in [3.8, 4) is 5.75 Å². The predicted molar refractivity (Wildman–Crippen MR) is 115 cm³/mol. The molecule has 2 aromatic rings. The standard InChI is InChI=1S/C24H32N2O2/c1-4-23(28-22-13-8-18(2)19(3)16-22)24(27)25-17-20-9-11-21(12-10-20)26-14-6-5-7-15-26/h8-13,16,23H,4-7,14-15,17H2,1-3H3,(H,25,27)/t23-/m0/s1. The number of anilines is 1. The minimum atomic E-state index is -0.477. The number of carbonyl (C=O) groups excluding carboxylic acids is 1. The third-order valence-electron chi connectivity index (χ3n) is 5.54. The summed E-state index contributed by atoms with van der Waals surface area (Å²) in [5, 5.41) is 3.02. The molecule has 0 aliphatic carbocycles. The van der Waals surface area contributed by atoms with E-state index in [1.165, 1.54) is 36.1 Å². The van der Waals surface area contributed by atoms with Gasteiger partial charge in [0.1, 0.15) is 5.75 Å². The summed E-state index contributed by atoms with van der Waals surface area (Å²) >= 11 is 0. The summed E-state index contributed by atoms with van der Waals surface area (Å²) in [6.07, 6.45) is 4.04. The van der Waals surface area contributed by atoms with Crippen molar-refractivity contribution >= 4 is 11.6 Å². The minimum Gasteiger partial charge on any atom is -0.481 e. The average Bonchev–Trinajstić information content (AvgIpc) is 2.73. The number of nitrogens with one attached hydrogen (secondary N) is 1. The van der Waals surface area contributed by atoms with Crippen molar-refractivity contribution in [1.29, 1.82) is 0 Å². The molecule has 4 heteroatoms. The van der Waals surface area contributed by atoms with Crippen LogP contribution in [0, 0.1) is 13.8 Å². The van der Waals surface area contributed by atoms with E-state index in [2.05, 4.69) is 48.3 Å². The second-order valence-corrected chi connectivity index (χ2v) is 7.69. The van der Waals surface area contributed by atoms with Crippen LogP contribution in [-0.2, 0) is 11.3 Å². The zero-order valence-electron chi connectivity index (χ0n) is 17.3. The Morgan fingerprint density at radius 2 is 1.75 bits per heavy atom. The highest BCUT2D eigenvalue weighted by molar-refractivity contribution is 5.81. The van der Waals surface area contributed by atoms with Gasteiger partial charge in [0.05, 0.1) is 0 Å². The molecule has 1 saturated heterocycles. The molecule has 0 radical (unpaired) electrons. The van der Waals surface area contributed by atoms with Gasteiger partial charge in [-0.05, 0) is 80.5 Å². The van der Waals surface area contributed by atoms with Gasteiger partial charge in [0.25, 0.3) is 5.91 Å². The van der Waals surface area contributed by atoms with E-state index in [1.54, 1.807) is 0 Å². The van der Waals surface area contributed by atoms with E-state index in [4.69, 9.17) is 4.74 Å². The first-order valence-corrected chi connectivity index (χ1v) is 10.4. The molecule has 0 unspecified atom stereocenters. The SMILES string of the molecule is CC[C@H](Oc1ccc(C)c(C)c1)C(=O)NCc1ccc(N2CCCCC2)cc1. The van der Waals surface area contributed by atoms with Gasteiger partial charge < -0.3 is 15.0 Å². The van der Waals surface area contributed by atoms with Crippen molar-refractivity contribution in [2.45, 2.75) is 59.1 Å². The molecule has 1 N–H and O–H groups in total. The van der Waals surface area contributed by atoms with Crippen LogP contribution in [0.15, 0.2) is 42.5 Å². The summed E-state index contributed by atoms with van der Waals surface area (Å²) in [5.74, 6) is 0.678. The fourth-order valence-corrected chi connectivity index (χ4v) is 3.55. The van der Waals surface area contributed by atoms with Crippen LogP contribution in [0.2, 0.25) is 0 Å². The minimum absolute atomic E-state index is 0.0687. The molecule has 1 fully saturated rings. The lowest BCUT2D eigenvalue weighted by Crippen LogP contribution is -2.37. The zero-order valence-corrected chi connectivity index (χ0v) is 17.3. The predicted octanol–water partition coefficient (Wildman–Crippen LogP) is 4.77. The molecule has 1 heterocycles. The van der Waals surface area contributed by atoms with Crippen molar-refractivity contribution in [1.82, 2.24) is 5.32 Å². The number of carbonyl (C=O) groups is 1. The topological polar surface area (TPSA) is 41.6 Å². The molecule has 28 heavy (non-hydrogen) atoms. The summed E-state index contributed by atoms with van der Waals surface area (Å²) in [7, 11) is 0. The maximum absolute atomic E-state index is 12.6. The van der Waals surface area contributed by atoms with E-state index in [-0.39, 0.29) is 5.91 Å². The number of benzene rings is 2. The Morgan fingerprint density at radius 3 is 2.39 bits per heavy atom. The van der Waals surface area contributed by atoms with E-state index in [9.17, 15) is 4.79 Å². The molecular weight excluding hydrogens is 348 g/mol. The molecular formula is C24H32N2O2. The molecule has 0 bridgehead atoms. The largest absolute Gasteiger partial charge is 0.481 e. The van der Waals surface area contributed by atoms with Gasteiger partial charge in [0.15, 0.2) is 6.10 Å². The van der Waals surface area contributed by atoms with Gasteiger partial charge >= 0.3 is 0 Å². The fourth-order valence-electron chi connectivity index (χ4n) is 3.55. The Morgan fingerprint density at radius 1 is 1.04 bits per heavy atom. The summed E-state index contributed by atoms with van der Waals surface area (Å²) in [6.45, 7) is 8.90. The number of ether oxygens (including phenoxy) is 1.